The van der Waals surface area contributed by atoms with Crippen molar-refractivity contribution in [1.82, 2.24) is 116 Å². The van der Waals surface area contributed by atoms with Crippen molar-refractivity contribution in [2.24, 2.45) is 56.4 Å². The van der Waals surface area contributed by atoms with E-state index in [9.17, 15) is 39.4 Å². The third kappa shape index (κ3) is 13.3. The normalized spacial score (nSPS) is 11.2. The van der Waals surface area contributed by atoms with E-state index in [1.165, 1.54) is 32.3 Å². The third-order valence-electron chi connectivity index (χ3n) is 21.6. The first kappa shape index (κ1) is 79.1. The van der Waals surface area contributed by atoms with Gasteiger partial charge in [-0.25, -0.2) is 28.6 Å². The number of rotatable bonds is 12. The van der Waals surface area contributed by atoms with Gasteiger partial charge in [-0.15, -0.1) is 0 Å². The maximum atomic E-state index is 14.9. The second kappa shape index (κ2) is 31.5. The predicted molar refractivity (Wildman–Crippen MR) is 460 cm³/mol. The van der Waals surface area contributed by atoms with Gasteiger partial charge in [0.15, 0.2) is 5.82 Å². The molecule has 0 saturated carbocycles. The van der Waals surface area contributed by atoms with Gasteiger partial charge >= 0.3 is 22.8 Å². The Bertz CT molecular complexity index is 8200. The highest BCUT2D eigenvalue weighted by Crippen LogP contribution is 2.42. The van der Waals surface area contributed by atoms with Crippen molar-refractivity contribution in [2.75, 3.05) is 28.4 Å². The van der Waals surface area contributed by atoms with Crippen molar-refractivity contribution in [3.8, 4) is 108 Å². The number of aryl methyl sites for hydroxylation is 9. The molecule has 20 rings (SSSR count). The first-order valence-electron chi connectivity index (χ1n) is 37.9. The lowest BCUT2D eigenvalue weighted by molar-refractivity contribution is 0.417. The molecule has 0 bridgehead atoms. The predicted octanol–water partition coefficient (Wildman–Crippen LogP) is 10.8. The van der Waals surface area contributed by atoms with E-state index in [-0.39, 0.29) is 34.0 Å². The summed E-state index contributed by atoms with van der Waals surface area (Å²) >= 11 is 0. The standard InChI is InChI=1S/C22H16FN7O2.2C22H17N7O2.C22H20N6O2/c1-28-11-13(8-27-28)14-4-15-17(5-19(14)32-3)26-10-18-21(15)30(22(31)29(18)2)20-12(6-24)7-25-9-16(20)23;1-27-12-13(10-26-27)16-7-17-18(8-20(16)31-3)25-11-19-21(17)29(22(30)28(19)2)15-4-5-24-14(6-15)9-23;1-27-12-14(10-26-27)15-6-16-17(7-20(15)31-3)25-11-19-21(16)29(22(30)28(19)2)18-4-5-24-9-13(18)8-23;1-13-9-23-6-5-18(13)28-21-16-7-15(14-10-25-26(2)12-14)20(30-4)8-17(16)24-11-19(21)27(3)22(28)29/h4-5,7-11H,1-3H3;4-8,10-12H,1-3H3;4-7,9-12H,1-3H3;5-12H,1-4H3. The van der Waals surface area contributed by atoms with E-state index in [1.54, 1.807) is 198 Å². The van der Waals surface area contributed by atoms with E-state index in [1.807, 2.05) is 114 Å². The summed E-state index contributed by atoms with van der Waals surface area (Å²) in [6, 6.07) is 28.0. The van der Waals surface area contributed by atoms with Crippen LogP contribution in [0.4, 0.5) is 4.39 Å². The zero-order valence-electron chi connectivity index (χ0n) is 68.6. The van der Waals surface area contributed by atoms with Crippen molar-refractivity contribution in [2.45, 2.75) is 6.92 Å². The Labute approximate surface area is 699 Å². The van der Waals surface area contributed by atoms with Gasteiger partial charge in [0, 0.05) is 209 Å². The molecule has 0 spiro atoms. The van der Waals surface area contributed by atoms with Crippen LogP contribution in [0.15, 0.2) is 210 Å². The number of nitriles is 3. The summed E-state index contributed by atoms with van der Waals surface area (Å²) in [7, 11) is 20.5. The molecule has 0 amide bonds. The van der Waals surface area contributed by atoms with Gasteiger partial charge in [-0.2, -0.15) is 36.2 Å². The molecule has 36 heteroatoms. The number of imidazole rings is 4. The molecule has 0 aliphatic rings. The Hall–Kier alpha value is -17.4. The first-order chi connectivity index (χ1) is 60.0. The first-order valence-corrected chi connectivity index (χ1v) is 37.9. The zero-order chi connectivity index (χ0) is 87.0. The van der Waals surface area contributed by atoms with Crippen molar-refractivity contribution < 1.29 is 23.3 Å². The van der Waals surface area contributed by atoms with E-state index in [4.69, 9.17) is 18.9 Å². The van der Waals surface area contributed by atoms with E-state index in [0.717, 1.165) is 94.7 Å². The average Bonchev–Trinajstić information content (AvgIpc) is 1.63. The minimum Gasteiger partial charge on any atom is -0.496 e. The fraction of sp³-hybridized carbons (Fsp3) is 0.148. The Morgan fingerprint density at radius 1 is 0.355 bits per heavy atom. The second-order valence-electron chi connectivity index (χ2n) is 28.9. The lowest BCUT2D eigenvalue weighted by Crippen LogP contribution is -2.22. The second-order valence-corrected chi connectivity index (χ2v) is 28.9. The Morgan fingerprint density at radius 3 is 1.06 bits per heavy atom. The van der Waals surface area contributed by atoms with Crippen LogP contribution in [0.2, 0.25) is 0 Å². The number of ether oxygens (including phenoxy) is 4. The number of pyridine rings is 8. The molecule has 0 aliphatic heterocycles. The highest BCUT2D eigenvalue weighted by atomic mass is 19.1. The van der Waals surface area contributed by atoms with E-state index in [0.29, 0.717) is 95.0 Å². The molecule has 16 heterocycles. The summed E-state index contributed by atoms with van der Waals surface area (Å²) < 4.78 is 56.3. The van der Waals surface area contributed by atoms with Crippen LogP contribution in [0.3, 0.4) is 0 Å². The van der Waals surface area contributed by atoms with Gasteiger partial charge in [0.1, 0.15) is 52.6 Å². The zero-order valence-corrected chi connectivity index (χ0v) is 68.6. The Morgan fingerprint density at radius 2 is 0.702 bits per heavy atom. The molecule has 35 nitrogen and oxygen atoms in total. The fourth-order valence-electron chi connectivity index (χ4n) is 15.6. The molecule has 0 aliphatic carbocycles. The molecule has 16 aromatic heterocycles. The SMILES string of the molecule is COc1cc2ncc3c(c2cc1-c1cnn(C)c1)n(-c1c(F)cncc1C#N)c(=O)n3C.COc1cc2ncc3c(c2cc1-c1cnn(C)c1)n(-c1ccnc(C#N)c1)c(=O)n3C.COc1cc2ncc3c(c2cc1-c1cnn(C)c1)n(-c1ccncc1C#N)c(=O)n3C.COc1cc2ncc3c(c2cc1-c1cnn(C)c1)n(-c1ccncc1C)c(=O)n3C. The van der Waals surface area contributed by atoms with Crippen LogP contribution in [-0.4, -0.2) is 144 Å². The van der Waals surface area contributed by atoms with Gasteiger partial charge < -0.3 is 18.9 Å². The quantitative estimate of drug-likeness (QED) is 0.110. The third-order valence-corrected chi connectivity index (χ3v) is 21.6. The largest absolute Gasteiger partial charge is 0.496 e. The highest BCUT2D eigenvalue weighted by Gasteiger charge is 2.28. The molecule has 612 valence electrons. The van der Waals surface area contributed by atoms with Crippen LogP contribution in [0.1, 0.15) is 22.4 Å². The van der Waals surface area contributed by atoms with E-state index in [2.05, 4.69) is 66.3 Å². The lowest BCUT2D eigenvalue weighted by atomic mass is 10.0. The minimum atomic E-state index is -0.774. The van der Waals surface area contributed by atoms with Crippen LogP contribution in [0.25, 0.3) is 155 Å². The molecular weight excluding hydrogens is 1580 g/mol. The Kier molecular flexibility index (Phi) is 20.1. The molecule has 0 atom stereocenters. The molecule has 0 radical (unpaired) electrons. The van der Waals surface area contributed by atoms with Crippen LogP contribution in [-0.2, 0) is 56.4 Å². The highest BCUT2D eigenvalue weighted by molar-refractivity contribution is 6.09. The summed E-state index contributed by atoms with van der Waals surface area (Å²) in [6.45, 7) is 1.95. The summed E-state index contributed by atoms with van der Waals surface area (Å²) in [5, 5.41) is 48.4. The molecule has 0 fully saturated rings. The van der Waals surface area contributed by atoms with Crippen molar-refractivity contribution in [1.29, 1.82) is 15.8 Å². The van der Waals surface area contributed by atoms with Gasteiger partial charge in [-0.3, -0.25) is 90.2 Å². The van der Waals surface area contributed by atoms with Gasteiger partial charge in [0.25, 0.3) is 0 Å². The number of aromatic nitrogens is 24. The topological polar surface area (TPSA) is 390 Å². The minimum absolute atomic E-state index is 0.0504. The number of hydrogen-bond acceptors (Lipinski definition) is 23. The lowest BCUT2D eigenvalue weighted by Gasteiger charge is -2.12. The smallest absolute Gasteiger partial charge is 0.333 e. The van der Waals surface area contributed by atoms with Crippen LogP contribution in [0.5, 0.6) is 23.0 Å². The number of hydrogen-bond donors (Lipinski definition) is 0. The van der Waals surface area contributed by atoms with E-state index < -0.39 is 11.5 Å². The van der Waals surface area contributed by atoms with Crippen molar-refractivity contribution in [3.05, 3.63) is 261 Å². The number of halogens is 1. The molecular formula is C88H70FN27O8. The van der Waals surface area contributed by atoms with Crippen LogP contribution in [0, 0.1) is 46.7 Å². The van der Waals surface area contributed by atoms with Gasteiger partial charge in [-0.1, -0.05) is 0 Å². The molecule has 4 aromatic carbocycles. The number of nitrogens with zero attached hydrogens (tertiary/aromatic N) is 27. The summed E-state index contributed by atoms with van der Waals surface area (Å²) in [5.41, 5.74) is 16.6. The molecule has 20 aromatic rings. The van der Waals surface area contributed by atoms with Gasteiger partial charge in [-0.05, 0) is 61.0 Å². The Balaban J connectivity index is 0.000000117. The van der Waals surface area contributed by atoms with Crippen molar-refractivity contribution >= 4 is 87.7 Å². The monoisotopic (exact) mass is 1650 g/mol. The molecule has 0 N–H and O–H groups in total. The van der Waals surface area contributed by atoms with Crippen molar-refractivity contribution in [3.63, 3.8) is 0 Å². The molecule has 124 heavy (non-hydrogen) atoms. The summed E-state index contributed by atoms with van der Waals surface area (Å²) in [6.07, 6.45) is 31.4. The van der Waals surface area contributed by atoms with E-state index >= 15 is 0 Å². The van der Waals surface area contributed by atoms with Crippen LogP contribution < -0.4 is 41.7 Å². The molecule has 0 unspecified atom stereocenters. The number of benzene rings is 4. The maximum absolute atomic E-state index is 14.9. The summed E-state index contributed by atoms with van der Waals surface area (Å²) in [5.74, 6) is 1.82. The van der Waals surface area contributed by atoms with Gasteiger partial charge in [0.05, 0.1) is 179 Å². The molecule has 0 saturated heterocycles. The maximum Gasteiger partial charge on any atom is 0.333 e. The number of fused-ring (bicyclic) bond motifs is 12. The number of methoxy groups -OCH3 is 4. The fourth-order valence-corrected chi connectivity index (χ4v) is 15.6. The van der Waals surface area contributed by atoms with Crippen LogP contribution >= 0.6 is 0 Å². The average molecular weight is 1650 g/mol. The summed E-state index contributed by atoms with van der Waals surface area (Å²) in [4.78, 5) is 86.9. The van der Waals surface area contributed by atoms with Gasteiger partial charge in [0.2, 0.25) is 0 Å².